The summed E-state index contributed by atoms with van der Waals surface area (Å²) in [6.07, 6.45) is 17.6. The first-order chi connectivity index (χ1) is 13.5. The van der Waals surface area contributed by atoms with E-state index in [4.69, 9.17) is 8.92 Å². The number of ether oxygens (including phenoxy) is 1. The predicted molar refractivity (Wildman–Crippen MR) is 128 cm³/mol. The summed E-state index contributed by atoms with van der Waals surface area (Å²) < 4.78 is 12.4. The van der Waals surface area contributed by atoms with Gasteiger partial charge >= 0.3 is 5.97 Å². The van der Waals surface area contributed by atoms with Crippen LogP contribution in [-0.4, -0.2) is 40.9 Å². The molecule has 1 unspecified atom stereocenters. The summed E-state index contributed by atoms with van der Waals surface area (Å²) in [7, 11) is -1.23. The molecule has 3 aliphatic rings. The summed E-state index contributed by atoms with van der Waals surface area (Å²) in [6, 6.07) is 0. The van der Waals surface area contributed by atoms with Gasteiger partial charge in [0.05, 0.1) is 12.5 Å². The Morgan fingerprint density at radius 3 is 2.53 bits per heavy atom. The highest BCUT2D eigenvalue weighted by Crippen LogP contribution is 2.55. The number of carbonyl (C=O) groups excluding carboxylic acids is 1. The maximum absolute atomic E-state index is 12.3. The lowest BCUT2D eigenvalue weighted by Crippen LogP contribution is -2.38. The Kier molecular flexibility index (Phi) is 8.31. The monoisotopic (exact) mass is 440 g/mol. The highest BCUT2D eigenvalue weighted by Gasteiger charge is 2.38. The minimum Gasteiger partial charge on any atom is -0.462 e. The van der Waals surface area contributed by atoms with Gasteiger partial charge in [-0.2, -0.15) is 0 Å². The van der Waals surface area contributed by atoms with E-state index < -0.39 is 10.3 Å². The highest BCUT2D eigenvalue weighted by molar-refractivity contribution is 8.29. The van der Waals surface area contributed by atoms with Crippen LogP contribution in [0.5, 0.6) is 0 Å². The molecule has 2 aliphatic carbocycles. The lowest BCUT2D eigenvalue weighted by molar-refractivity contribution is -0.159. The van der Waals surface area contributed by atoms with E-state index in [1.807, 2.05) is 0 Å². The van der Waals surface area contributed by atoms with E-state index in [0.717, 1.165) is 19.3 Å². The van der Waals surface area contributed by atoms with Crippen molar-refractivity contribution < 1.29 is 19.2 Å². The Bertz CT molecular complexity index is 661. The minimum absolute atomic E-state index is 0. The van der Waals surface area contributed by atoms with Crippen molar-refractivity contribution in [1.82, 2.24) is 0 Å². The third-order valence-corrected chi connectivity index (χ3v) is 11.2. The summed E-state index contributed by atoms with van der Waals surface area (Å²) in [5, 5.41) is 0. The molecule has 0 aromatic heterocycles. The van der Waals surface area contributed by atoms with Crippen LogP contribution in [0.1, 0.15) is 73.1 Å². The summed E-state index contributed by atoms with van der Waals surface area (Å²) >= 11 is 0. The van der Waals surface area contributed by atoms with Crippen LogP contribution in [0.15, 0.2) is 23.8 Å². The first-order valence-electron chi connectivity index (χ1n) is 11.5. The molecule has 0 radical (unpaired) electrons. The van der Waals surface area contributed by atoms with Crippen molar-refractivity contribution in [3.8, 4) is 0 Å². The third-order valence-electron chi connectivity index (χ3n) is 7.51. The molecule has 174 valence electrons. The molecule has 1 fully saturated rings. The Morgan fingerprint density at radius 2 is 1.87 bits per heavy atom. The number of cyclic esters (lactones) is 1. The molecule has 0 spiro atoms. The summed E-state index contributed by atoms with van der Waals surface area (Å²) in [6.45, 7) is 11.4. The van der Waals surface area contributed by atoms with Crippen LogP contribution in [0.3, 0.4) is 0 Å². The number of fused-ring (bicyclic) bond motifs is 1. The standard InChI is InChI=1S/C25H42O3S.H2O/c1-17-8-12-23-19(14-17)10-9-18(2)22(23)13-11-20-15-21(16-24(26)27-20)28-29(6,7)25(3,4)5;/h9-10,14,17-18,20-23H,8,11-13,15-16H2,1-7H3;1H2/t17-,18+,20-,21?,22+,23+;/m1./s1. The van der Waals surface area contributed by atoms with E-state index >= 15 is 0 Å². The SMILES string of the molecule is C[C@H]1C=C2C=C[C@H](C)[C@H](CC[C@@H]3CC(OS(C)(C)C(C)(C)C)CC(=O)O3)[C@H]2CC1.O. The third kappa shape index (κ3) is 5.92. The molecule has 6 atom stereocenters. The lowest BCUT2D eigenvalue weighted by Gasteiger charge is -2.47. The Morgan fingerprint density at radius 1 is 1.17 bits per heavy atom. The zero-order valence-electron chi connectivity index (χ0n) is 20.1. The number of carbonyl (C=O) groups is 1. The molecule has 1 heterocycles. The van der Waals surface area contributed by atoms with Crippen LogP contribution in [-0.2, 0) is 13.7 Å². The molecule has 0 saturated carbocycles. The van der Waals surface area contributed by atoms with Crippen molar-refractivity contribution in [2.75, 3.05) is 12.5 Å². The van der Waals surface area contributed by atoms with Gasteiger partial charge in [-0.05, 0) is 67.4 Å². The average molecular weight is 441 g/mol. The second-order valence-electron chi connectivity index (χ2n) is 10.9. The quantitative estimate of drug-likeness (QED) is 0.522. The highest BCUT2D eigenvalue weighted by atomic mass is 32.3. The van der Waals surface area contributed by atoms with Gasteiger partial charge in [0, 0.05) is 11.2 Å². The van der Waals surface area contributed by atoms with Crippen LogP contribution >= 0.6 is 10.3 Å². The molecule has 0 aromatic carbocycles. The van der Waals surface area contributed by atoms with Crippen molar-refractivity contribution in [2.24, 2.45) is 23.7 Å². The largest absolute Gasteiger partial charge is 0.462 e. The van der Waals surface area contributed by atoms with E-state index in [9.17, 15) is 4.79 Å². The summed E-state index contributed by atoms with van der Waals surface area (Å²) in [5.74, 6) is 2.56. The fraction of sp³-hybridized carbons (Fsp3) is 0.800. The number of hydrogen-bond acceptors (Lipinski definition) is 3. The second-order valence-corrected chi connectivity index (χ2v) is 14.8. The first kappa shape index (κ1) is 25.5. The van der Waals surface area contributed by atoms with Gasteiger partial charge < -0.3 is 14.4 Å². The van der Waals surface area contributed by atoms with Gasteiger partial charge in [0.25, 0.3) is 0 Å². The summed E-state index contributed by atoms with van der Waals surface area (Å²) in [4.78, 5) is 12.3. The van der Waals surface area contributed by atoms with E-state index in [-0.39, 0.29) is 28.4 Å². The second kappa shape index (κ2) is 9.79. The molecule has 30 heavy (non-hydrogen) atoms. The first-order valence-corrected chi connectivity index (χ1v) is 13.8. The van der Waals surface area contributed by atoms with Crippen LogP contribution in [0.4, 0.5) is 0 Å². The fourth-order valence-electron chi connectivity index (χ4n) is 4.98. The van der Waals surface area contributed by atoms with Gasteiger partial charge in [-0.25, -0.2) is 0 Å². The van der Waals surface area contributed by atoms with Gasteiger partial charge in [0.2, 0.25) is 0 Å². The van der Waals surface area contributed by atoms with Gasteiger partial charge in [-0.1, -0.05) is 52.8 Å². The smallest absolute Gasteiger partial charge is 0.308 e. The van der Waals surface area contributed by atoms with Gasteiger partial charge in [-0.15, -0.1) is 10.3 Å². The number of rotatable bonds is 5. The number of allylic oxidation sites excluding steroid dienone is 4. The van der Waals surface area contributed by atoms with E-state index in [2.05, 4.69) is 65.4 Å². The predicted octanol–water partition coefficient (Wildman–Crippen LogP) is 5.61. The van der Waals surface area contributed by atoms with Gasteiger partial charge in [0.15, 0.2) is 0 Å². The van der Waals surface area contributed by atoms with Crippen molar-refractivity contribution in [3.63, 3.8) is 0 Å². The van der Waals surface area contributed by atoms with Crippen molar-refractivity contribution in [3.05, 3.63) is 23.8 Å². The van der Waals surface area contributed by atoms with E-state index in [0.29, 0.717) is 30.1 Å². The molecule has 0 bridgehead atoms. The number of esters is 1. The molecular weight excluding hydrogens is 396 g/mol. The lowest BCUT2D eigenvalue weighted by atomic mass is 9.66. The van der Waals surface area contributed by atoms with Gasteiger partial charge in [-0.3, -0.25) is 4.79 Å². The molecule has 3 rings (SSSR count). The zero-order chi connectivity index (χ0) is 21.4. The summed E-state index contributed by atoms with van der Waals surface area (Å²) in [5.41, 5.74) is 1.55. The molecule has 1 aliphatic heterocycles. The maximum atomic E-state index is 12.3. The normalized spacial score (nSPS) is 35.0. The molecule has 5 heteroatoms. The molecule has 0 aromatic rings. The van der Waals surface area contributed by atoms with Crippen LogP contribution in [0, 0.1) is 23.7 Å². The van der Waals surface area contributed by atoms with Crippen molar-refractivity contribution >= 4 is 16.3 Å². The van der Waals surface area contributed by atoms with Gasteiger partial charge in [0.1, 0.15) is 6.10 Å². The molecule has 2 N–H and O–H groups in total. The molecular formula is C25H44O4S. The maximum Gasteiger partial charge on any atom is 0.308 e. The molecule has 1 saturated heterocycles. The van der Waals surface area contributed by atoms with Crippen molar-refractivity contribution in [1.29, 1.82) is 0 Å². The Labute approximate surface area is 185 Å². The molecule has 4 nitrogen and oxygen atoms in total. The molecule has 0 amide bonds. The average Bonchev–Trinajstić information content (AvgIpc) is 2.59. The van der Waals surface area contributed by atoms with Crippen LogP contribution < -0.4 is 0 Å². The number of hydrogen-bond donors (Lipinski definition) is 0. The van der Waals surface area contributed by atoms with Crippen LogP contribution in [0.25, 0.3) is 0 Å². The minimum atomic E-state index is -1.23. The Balaban J connectivity index is 0.00000320. The van der Waals surface area contributed by atoms with E-state index in [1.165, 1.54) is 12.8 Å². The van der Waals surface area contributed by atoms with Crippen molar-refractivity contribution in [2.45, 2.75) is 90.1 Å². The zero-order valence-corrected chi connectivity index (χ0v) is 20.9. The Hall–Kier alpha value is -0.780. The fourth-order valence-corrected chi connectivity index (χ4v) is 6.09. The van der Waals surface area contributed by atoms with E-state index in [1.54, 1.807) is 5.57 Å². The van der Waals surface area contributed by atoms with Crippen LogP contribution in [0.2, 0.25) is 0 Å². The topological polar surface area (TPSA) is 67.0 Å².